The maximum atomic E-state index is 9.38. The second-order valence-corrected chi connectivity index (χ2v) is 3.54. The van der Waals surface area contributed by atoms with E-state index in [0.29, 0.717) is 0 Å². The summed E-state index contributed by atoms with van der Waals surface area (Å²) in [7, 11) is 0. The Morgan fingerprint density at radius 1 is 1.25 bits per heavy atom. The minimum absolute atomic E-state index is 0.416. The summed E-state index contributed by atoms with van der Waals surface area (Å²) < 4.78 is 0. The van der Waals surface area contributed by atoms with E-state index in [4.69, 9.17) is 11.6 Å². The van der Waals surface area contributed by atoms with Crippen LogP contribution in [0.15, 0.2) is 12.1 Å². The Kier molecular flexibility index (Phi) is 2.76. The molecule has 12 heavy (non-hydrogen) atoms. The Bertz CT molecular complexity index is 292. The lowest BCUT2D eigenvalue weighted by Gasteiger charge is -2.10. The second-order valence-electron chi connectivity index (χ2n) is 3.13. The van der Waals surface area contributed by atoms with Crippen LogP contribution in [0.2, 0.25) is 5.02 Å². The standard InChI is InChI=1S/C10H13ClO/c1-6-5-10(11)7(2)4-9(6)8(3)12/h4-5,8,12H,1-3H3. The molecule has 1 aromatic rings. The summed E-state index contributed by atoms with van der Waals surface area (Å²) in [6.07, 6.45) is -0.416. The lowest BCUT2D eigenvalue weighted by molar-refractivity contribution is 0.198. The average Bonchev–Trinajstić information content (AvgIpc) is 1.96. The Balaban J connectivity index is 3.23. The van der Waals surface area contributed by atoms with E-state index in [1.54, 1.807) is 6.92 Å². The van der Waals surface area contributed by atoms with Crippen LogP contribution in [0.25, 0.3) is 0 Å². The number of aryl methyl sites for hydroxylation is 2. The molecule has 0 bridgehead atoms. The topological polar surface area (TPSA) is 20.2 Å². The van der Waals surface area contributed by atoms with Crippen molar-refractivity contribution >= 4 is 11.6 Å². The molecule has 2 heteroatoms. The van der Waals surface area contributed by atoms with Crippen molar-refractivity contribution in [1.29, 1.82) is 0 Å². The van der Waals surface area contributed by atoms with Crippen LogP contribution in [0.5, 0.6) is 0 Å². The minimum Gasteiger partial charge on any atom is -0.389 e. The van der Waals surface area contributed by atoms with Crippen LogP contribution in [0.4, 0.5) is 0 Å². The van der Waals surface area contributed by atoms with E-state index in [1.165, 1.54) is 0 Å². The SMILES string of the molecule is Cc1cc(C(C)O)c(C)cc1Cl. The first-order chi connectivity index (χ1) is 5.52. The van der Waals surface area contributed by atoms with Gasteiger partial charge in [-0.05, 0) is 43.5 Å². The molecule has 0 saturated heterocycles. The fourth-order valence-electron chi connectivity index (χ4n) is 1.25. The van der Waals surface area contributed by atoms with Crippen molar-refractivity contribution in [1.82, 2.24) is 0 Å². The molecule has 0 aliphatic carbocycles. The summed E-state index contributed by atoms with van der Waals surface area (Å²) >= 11 is 5.91. The van der Waals surface area contributed by atoms with E-state index in [-0.39, 0.29) is 0 Å². The second kappa shape index (κ2) is 3.46. The molecule has 1 unspecified atom stereocenters. The zero-order valence-electron chi connectivity index (χ0n) is 7.56. The van der Waals surface area contributed by atoms with Crippen molar-refractivity contribution in [2.24, 2.45) is 0 Å². The largest absolute Gasteiger partial charge is 0.389 e. The summed E-state index contributed by atoms with van der Waals surface area (Å²) in [5.41, 5.74) is 3.01. The van der Waals surface area contributed by atoms with Gasteiger partial charge in [0.25, 0.3) is 0 Å². The van der Waals surface area contributed by atoms with E-state index >= 15 is 0 Å². The van der Waals surface area contributed by atoms with Gasteiger partial charge in [0.05, 0.1) is 6.10 Å². The predicted molar refractivity (Wildman–Crippen MR) is 51.6 cm³/mol. The first-order valence-corrected chi connectivity index (χ1v) is 4.35. The smallest absolute Gasteiger partial charge is 0.0764 e. The van der Waals surface area contributed by atoms with Crippen LogP contribution in [-0.4, -0.2) is 5.11 Å². The van der Waals surface area contributed by atoms with Gasteiger partial charge in [0, 0.05) is 5.02 Å². The maximum absolute atomic E-state index is 9.38. The van der Waals surface area contributed by atoms with Crippen LogP contribution >= 0.6 is 11.6 Å². The first-order valence-electron chi connectivity index (χ1n) is 3.97. The number of halogens is 1. The van der Waals surface area contributed by atoms with Crippen LogP contribution in [-0.2, 0) is 0 Å². The number of hydrogen-bond acceptors (Lipinski definition) is 1. The Morgan fingerprint density at radius 2 is 1.83 bits per heavy atom. The highest BCUT2D eigenvalue weighted by Gasteiger charge is 2.06. The minimum atomic E-state index is -0.416. The van der Waals surface area contributed by atoms with Crippen molar-refractivity contribution in [3.8, 4) is 0 Å². The third kappa shape index (κ3) is 1.79. The fraction of sp³-hybridized carbons (Fsp3) is 0.400. The lowest BCUT2D eigenvalue weighted by atomic mass is 10.0. The molecule has 0 aliphatic rings. The van der Waals surface area contributed by atoms with Crippen molar-refractivity contribution in [2.75, 3.05) is 0 Å². The van der Waals surface area contributed by atoms with Gasteiger partial charge >= 0.3 is 0 Å². The van der Waals surface area contributed by atoms with Crippen molar-refractivity contribution in [3.63, 3.8) is 0 Å². The van der Waals surface area contributed by atoms with Gasteiger partial charge in [0.2, 0.25) is 0 Å². The van der Waals surface area contributed by atoms with Gasteiger partial charge in [0.15, 0.2) is 0 Å². The summed E-state index contributed by atoms with van der Waals surface area (Å²) in [6, 6.07) is 3.82. The van der Waals surface area contributed by atoms with Crippen LogP contribution in [0, 0.1) is 13.8 Å². The van der Waals surface area contributed by atoms with Crippen LogP contribution < -0.4 is 0 Å². The number of rotatable bonds is 1. The molecule has 1 rings (SSSR count). The quantitative estimate of drug-likeness (QED) is 0.712. The van der Waals surface area contributed by atoms with E-state index in [1.807, 2.05) is 26.0 Å². The number of benzene rings is 1. The van der Waals surface area contributed by atoms with E-state index < -0.39 is 6.10 Å². The number of hydrogen-bond donors (Lipinski definition) is 1. The molecule has 0 heterocycles. The molecule has 0 amide bonds. The molecule has 1 aromatic carbocycles. The maximum Gasteiger partial charge on any atom is 0.0764 e. The Labute approximate surface area is 78.0 Å². The molecule has 66 valence electrons. The number of aliphatic hydroxyl groups excluding tert-OH is 1. The molecular weight excluding hydrogens is 172 g/mol. The molecule has 0 saturated carbocycles. The third-order valence-electron chi connectivity index (χ3n) is 2.00. The zero-order valence-corrected chi connectivity index (χ0v) is 8.31. The summed E-state index contributed by atoms with van der Waals surface area (Å²) in [4.78, 5) is 0. The molecule has 1 atom stereocenters. The highest BCUT2D eigenvalue weighted by atomic mass is 35.5. The van der Waals surface area contributed by atoms with Gasteiger partial charge in [-0.2, -0.15) is 0 Å². The van der Waals surface area contributed by atoms with E-state index in [2.05, 4.69) is 0 Å². The monoisotopic (exact) mass is 184 g/mol. The first kappa shape index (κ1) is 9.56. The van der Waals surface area contributed by atoms with E-state index in [0.717, 1.165) is 21.7 Å². The van der Waals surface area contributed by atoms with Crippen molar-refractivity contribution in [2.45, 2.75) is 26.9 Å². The molecule has 0 spiro atoms. The van der Waals surface area contributed by atoms with Gasteiger partial charge in [0.1, 0.15) is 0 Å². The molecule has 1 nitrogen and oxygen atoms in total. The van der Waals surface area contributed by atoms with Gasteiger partial charge in [-0.15, -0.1) is 0 Å². The van der Waals surface area contributed by atoms with Gasteiger partial charge < -0.3 is 5.11 Å². The average molecular weight is 185 g/mol. The predicted octanol–water partition coefficient (Wildman–Crippen LogP) is 3.01. The lowest BCUT2D eigenvalue weighted by Crippen LogP contribution is -1.95. The fourth-order valence-corrected chi connectivity index (χ4v) is 1.47. The molecule has 0 radical (unpaired) electrons. The van der Waals surface area contributed by atoms with Crippen molar-refractivity contribution < 1.29 is 5.11 Å². The molecule has 0 fully saturated rings. The third-order valence-corrected chi connectivity index (χ3v) is 2.40. The van der Waals surface area contributed by atoms with Crippen molar-refractivity contribution in [3.05, 3.63) is 33.8 Å². The highest BCUT2D eigenvalue weighted by molar-refractivity contribution is 6.31. The normalized spacial score (nSPS) is 13.1. The van der Waals surface area contributed by atoms with Gasteiger partial charge in [-0.3, -0.25) is 0 Å². The Hall–Kier alpha value is -0.530. The molecule has 0 aromatic heterocycles. The zero-order chi connectivity index (χ0) is 9.30. The summed E-state index contributed by atoms with van der Waals surface area (Å²) in [5, 5.41) is 10.1. The number of aliphatic hydroxyl groups is 1. The Morgan fingerprint density at radius 3 is 2.33 bits per heavy atom. The van der Waals surface area contributed by atoms with Crippen LogP contribution in [0.1, 0.15) is 29.7 Å². The van der Waals surface area contributed by atoms with E-state index in [9.17, 15) is 5.11 Å². The van der Waals surface area contributed by atoms with Gasteiger partial charge in [-0.25, -0.2) is 0 Å². The molecule has 0 aliphatic heterocycles. The summed E-state index contributed by atoms with van der Waals surface area (Å²) in [6.45, 7) is 5.65. The highest BCUT2D eigenvalue weighted by Crippen LogP contribution is 2.24. The molecule has 1 N–H and O–H groups in total. The summed E-state index contributed by atoms with van der Waals surface area (Å²) in [5.74, 6) is 0. The van der Waals surface area contributed by atoms with Crippen LogP contribution in [0.3, 0.4) is 0 Å². The van der Waals surface area contributed by atoms with Gasteiger partial charge in [-0.1, -0.05) is 17.7 Å². The molecular formula is C10H13ClO.